The standard InChI is InChI=1S/C31H40FN3O/c1-21-6-5-9-23(16-21)27(18-31(36)34-26-13-11-25(33)12-14-26)29-20-35(19-22-7-3-2-4-8-22)30-15-10-24(32)17-28(29)30/h5-6,9-10,15-17,20,22,25-27H,2-4,7-8,11-14,18-19,33H2,1H3,(H,34,36). The van der Waals surface area contributed by atoms with Crippen LogP contribution in [0, 0.1) is 18.7 Å². The summed E-state index contributed by atoms with van der Waals surface area (Å²) in [5.41, 5.74) is 10.4. The molecule has 1 atom stereocenters. The molecule has 36 heavy (non-hydrogen) atoms. The second-order valence-corrected chi connectivity index (χ2v) is 11.3. The van der Waals surface area contributed by atoms with Crippen molar-refractivity contribution in [2.75, 3.05) is 0 Å². The highest BCUT2D eigenvalue weighted by Gasteiger charge is 2.26. The predicted octanol–water partition coefficient (Wildman–Crippen LogP) is 6.58. The van der Waals surface area contributed by atoms with E-state index in [2.05, 4.69) is 47.3 Å². The Labute approximate surface area is 214 Å². The normalized spacial score (nSPS) is 22.0. The van der Waals surface area contributed by atoms with Gasteiger partial charge in [0.15, 0.2) is 0 Å². The first kappa shape index (κ1) is 25.0. The Balaban J connectivity index is 1.48. The molecular formula is C31H40FN3O. The average molecular weight is 490 g/mol. The number of nitrogens with one attached hydrogen (secondary N) is 1. The molecule has 3 aromatic rings. The van der Waals surface area contributed by atoms with E-state index in [0.29, 0.717) is 12.3 Å². The topological polar surface area (TPSA) is 60.1 Å². The van der Waals surface area contributed by atoms with Crippen molar-refractivity contribution in [2.45, 2.75) is 95.7 Å². The summed E-state index contributed by atoms with van der Waals surface area (Å²) in [5.74, 6) is 0.356. The number of aromatic nitrogens is 1. The van der Waals surface area contributed by atoms with Crippen molar-refractivity contribution in [1.29, 1.82) is 0 Å². The lowest BCUT2D eigenvalue weighted by Gasteiger charge is -2.27. The Morgan fingerprint density at radius 2 is 1.83 bits per heavy atom. The molecule has 1 amide bonds. The molecular weight excluding hydrogens is 449 g/mol. The maximum absolute atomic E-state index is 14.5. The highest BCUT2D eigenvalue weighted by atomic mass is 19.1. The Bertz CT molecular complexity index is 1190. The number of aryl methyl sites for hydroxylation is 1. The SMILES string of the molecule is Cc1cccc(C(CC(=O)NC2CCC(N)CC2)c2cn(CC3CCCCC3)c3ccc(F)cc23)c1. The monoisotopic (exact) mass is 489 g/mol. The Morgan fingerprint density at radius 1 is 1.06 bits per heavy atom. The fourth-order valence-electron chi connectivity index (χ4n) is 6.40. The number of hydrogen-bond donors (Lipinski definition) is 2. The molecule has 1 heterocycles. The van der Waals surface area contributed by atoms with Gasteiger partial charge in [0, 0.05) is 48.1 Å². The summed E-state index contributed by atoms with van der Waals surface area (Å²) >= 11 is 0. The molecule has 0 saturated heterocycles. The fourth-order valence-corrected chi connectivity index (χ4v) is 6.40. The first-order valence-corrected chi connectivity index (χ1v) is 13.9. The first-order valence-electron chi connectivity index (χ1n) is 13.9. The van der Waals surface area contributed by atoms with Crippen LogP contribution in [0.15, 0.2) is 48.7 Å². The number of rotatable bonds is 7. The lowest BCUT2D eigenvalue weighted by molar-refractivity contribution is -0.122. The van der Waals surface area contributed by atoms with E-state index >= 15 is 0 Å². The van der Waals surface area contributed by atoms with Gasteiger partial charge in [0.1, 0.15) is 5.82 Å². The van der Waals surface area contributed by atoms with E-state index in [0.717, 1.165) is 59.8 Å². The molecule has 0 bridgehead atoms. The van der Waals surface area contributed by atoms with Crippen molar-refractivity contribution in [3.05, 3.63) is 71.2 Å². The maximum atomic E-state index is 14.5. The van der Waals surface area contributed by atoms with Crippen molar-refractivity contribution >= 4 is 16.8 Å². The molecule has 1 aromatic heterocycles. The summed E-state index contributed by atoms with van der Waals surface area (Å²) in [5, 5.41) is 4.21. The molecule has 0 spiro atoms. The van der Waals surface area contributed by atoms with Crippen molar-refractivity contribution in [1.82, 2.24) is 9.88 Å². The molecule has 2 aromatic carbocycles. The van der Waals surface area contributed by atoms with Crippen molar-refractivity contribution < 1.29 is 9.18 Å². The number of benzene rings is 2. The van der Waals surface area contributed by atoms with Crippen LogP contribution in [0.25, 0.3) is 10.9 Å². The van der Waals surface area contributed by atoms with Gasteiger partial charge in [0.05, 0.1) is 0 Å². The van der Waals surface area contributed by atoms with Crippen LogP contribution in [0.4, 0.5) is 4.39 Å². The molecule has 2 aliphatic carbocycles. The molecule has 4 nitrogen and oxygen atoms in total. The molecule has 0 radical (unpaired) electrons. The van der Waals surface area contributed by atoms with E-state index in [1.165, 1.54) is 32.1 Å². The molecule has 0 aliphatic heterocycles. The van der Waals surface area contributed by atoms with Crippen molar-refractivity contribution in [3.8, 4) is 0 Å². The summed E-state index contributed by atoms with van der Waals surface area (Å²) in [6.45, 7) is 3.04. The van der Waals surface area contributed by atoms with Gasteiger partial charge in [-0.15, -0.1) is 0 Å². The third kappa shape index (κ3) is 5.83. The molecule has 192 valence electrons. The summed E-state index contributed by atoms with van der Waals surface area (Å²) in [7, 11) is 0. The van der Waals surface area contributed by atoms with Crippen LogP contribution in [-0.4, -0.2) is 22.6 Å². The van der Waals surface area contributed by atoms with Gasteiger partial charge in [-0.1, -0.05) is 49.1 Å². The highest BCUT2D eigenvalue weighted by Crippen LogP contribution is 2.37. The van der Waals surface area contributed by atoms with Gasteiger partial charge < -0.3 is 15.6 Å². The number of amides is 1. The van der Waals surface area contributed by atoms with Gasteiger partial charge in [-0.25, -0.2) is 4.39 Å². The van der Waals surface area contributed by atoms with Crippen LogP contribution in [0.2, 0.25) is 0 Å². The highest BCUT2D eigenvalue weighted by molar-refractivity contribution is 5.87. The third-order valence-corrected chi connectivity index (χ3v) is 8.40. The van der Waals surface area contributed by atoms with Gasteiger partial charge >= 0.3 is 0 Å². The van der Waals surface area contributed by atoms with E-state index in [1.54, 1.807) is 12.1 Å². The molecule has 2 saturated carbocycles. The summed E-state index contributed by atoms with van der Waals surface area (Å²) in [6.07, 6.45) is 12.8. The molecule has 2 aliphatic rings. The minimum absolute atomic E-state index is 0.0616. The number of fused-ring (bicyclic) bond motifs is 1. The molecule has 5 heteroatoms. The van der Waals surface area contributed by atoms with E-state index in [-0.39, 0.29) is 29.7 Å². The Kier molecular flexibility index (Phi) is 7.76. The Hall–Kier alpha value is -2.66. The third-order valence-electron chi connectivity index (χ3n) is 8.40. The minimum Gasteiger partial charge on any atom is -0.353 e. The van der Waals surface area contributed by atoms with Crippen LogP contribution >= 0.6 is 0 Å². The molecule has 5 rings (SSSR count). The number of hydrogen-bond acceptors (Lipinski definition) is 2. The van der Waals surface area contributed by atoms with Gasteiger partial charge in [-0.2, -0.15) is 0 Å². The number of carbonyl (C=O) groups is 1. The minimum atomic E-state index is -0.231. The summed E-state index contributed by atoms with van der Waals surface area (Å²) in [4.78, 5) is 13.3. The van der Waals surface area contributed by atoms with Gasteiger partial charge in [0.2, 0.25) is 5.91 Å². The van der Waals surface area contributed by atoms with Crippen molar-refractivity contribution in [2.24, 2.45) is 11.7 Å². The van der Waals surface area contributed by atoms with E-state index in [4.69, 9.17) is 5.73 Å². The molecule has 3 N–H and O–H groups in total. The van der Waals surface area contributed by atoms with Crippen LogP contribution < -0.4 is 11.1 Å². The smallest absolute Gasteiger partial charge is 0.221 e. The van der Waals surface area contributed by atoms with Crippen molar-refractivity contribution in [3.63, 3.8) is 0 Å². The molecule has 2 fully saturated rings. The maximum Gasteiger partial charge on any atom is 0.221 e. The number of nitrogens with zero attached hydrogens (tertiary/aromatic N) is 1. The average Bonchev–Trinajstić information content (AvgIpc) is 3.21. The quantitative estimate of drug-likeness (QED) is 0.394. The first-order chi connectivity index (χ1) is 17.5. The largest absolute Gasteiger partial charge is 0.353 e. The van der Waals surface area contributed by atoms with E-state index < -0.39 is 0 Å². The fraction of sp³-hybridized carbons (Fsp3) is 0.516. The number of carbonyl (C=O) groups excluding carboxylic acids is 1. The van der Waals surface area contributed by atoms with E-state index in [9.17, 15) is 9.18 Å². The number of halogens is 1. The zero-order valence-electron chi connectivity index (χ0n) is 21.5. The Morgan fingerprint density at radius 3 is 2.58 bits per heavy atom. The van der Waals surface area contributed by atoms with E-state index in [1.807, 2.05) is 6.07 Å². The van der Waals surface area contributed by atoms with Gasteiger partial charge in [-0.3, -0.25) is 4.79 Å². The van der Waals surface area contributed by atoms with Crippen LogP contribution in [0.5, 0.6) is 0 Å². The van der Waals surface area contributed by atoms with Gasteiger partial charge in [0.25, 0.3) is 0 Å². The predicted molar refractivity (Wildman–Crippen MR) is 144 cm³/mol. The number of nitrogens with two attached hydrogens (primary N) is 1. The van der Waals surface area contributed by atoms with Crippen LogP contribution in [0.3, 0.4) is 0 Å². The zero-order chi connectivity index (χ0) is 25.1. The van der Waals surface area contributed by atoms with Crippen LogP contribution in [-0.2, 0) is 11.3 Å². The lowest BCUT2D eigenvalue weighted by atomic mass is 9.86. The lowest BCUT2D eigenvalue weighted by Crippen LogP contribution is -2.40. The van der Waals surface area contributed by atoms with Crippen LogP contribution in [0.1, 0.15) is 86.8 Å². The molecule has 1 unspecified atom stereocenters. The second-order valence-electron chi connectivity index (χ2n) is 11.3. The summed E-state index contributed by atoms with van der Waals surface area (Å²) in [6, 6.07) is 14.0. The second kappa shape index (κ2) is 11.2. The van der Waals surface area contributed by atoms with Gasteiger partial charge in [-0.05, 0) is 80.7 Å². The zero-order valence-corrected chi connectivity index (χ0v) is 21.5. The summed E-state index contributed by atoms with van der Waals surface area (Å²) < 4.78 is 16.8.